The lowest BCUT2D eigenvalue weighted by Crippen LogP contribution is -1.84. The minimum Gasteiger partial charge on any atom is -0.243 e. The zero-order valence-electron chi connectivity index (χ0n) is 6.19. The third-order valence-electron chi connectivity index (χ3n) is 1.37. The highest BCUT2D eigenvalue weighted by atomic mass is 35.5. The summed E-state index contributed by atoms with van der Waals surface area (Å²) in [5.74, 6) is 0. The van der Waals surface area contributed by atoms with Crippen molar-refractivity contribution < 1.29 is 0 Å². The van der Waals surface area contributed by atoms with Gasteiger partial charge in [0.25, 0.3) is 0 Å². The molecule has 0 saturated carbocycles. The standard InChI is InChI=1S/C7H7Cl2NS/c1-4-6(8)5(11-2)3-10-7(4)9/h3H,1-2H3. The second-order valence-corrected chi connectivity index (χ2v) is 3.64. The molecule has 0 fully saturated rings. The molecule has 11 heavy (non-hydrogen) atoms. The molecule has 1 nitrogen and oxygen atoms in total. The van der Waals surface area contributed by atoms with Crippen LogP contribution in [0.2, 0.25) is 10.2 Å². The number of pyridine rings is 1. The zero-order valence-corrected chi connectivity index (χ0v) is 8.52. The highest BCUT2D eigenvalue weighted by Crippen LogP contribution is 2.30. The van der Waals surface area contributed by atoms with Gasteiger partial charge in [0, 0.05) is 16.7 Å². The van der Waals surface area contributed by atoms with Gasteiger partial charge >= 0.3 is 0 Å². The average molecular weight is 208 g/mol. The van der Waals surface area contributed by atoms with Gasteiger partial charge < -0.3 is 0 Å². The first-order valence-electron chi connectivity index (χ1n) is 3.01. The van der Waals surface area contributed by atoms with E-state index in [9.17, 15) is 0 Å². The number of aromatic nitrogens is 1. The molecular weight excluding hydrogens is 201 g/mol. The Morgan fingerprint density at radius 2 is 2.09 bits per heavy atom. The Balaban J connectivity index is 3.25. The summed E-state index contributed by atoms with van der Waals surface area (Å²) < 4.78 is 0. The van der Waals surface area contributed by atoms with Crippen LogP contribution < -0.4 is 0 Å². The van der Waals surface area contributed by atoms with Crippen molar-refractivity contribution in [3.63, 3.8) is 0 Å². The summed E-state index contributed by atoms with van der Waals surface area (Å²) in [7, 11) is 0. The van der Waals surface area contributed by atoms with E-state index in [4.69, 9.17) is 23.2 Å². The third-order valence-corrected chi connectivity index (χ3v) is 3.10. The Kier molecular flexibility index (Phi) is 3.05. The van der Waals surface area contributed by atoms with E-state index >= 15 is 0 Å². The third kappa shape index (κ3) is 1.81. The van der Waals surface area contributed by atoms with Crippen molar-refractivity contribution in [2.75, 3.05) is 6.26 Å². The minimum absolute atomic E-state index is 0.479. The highest BCUT2D eigenvalue weighted by molar-refractivity contribution is 7.98. The van der Waals surface area contributed by atoms with Crippen molar-refractivity contribution in [1.29, 1.82) is 0 Å². The van der Waals surface area contributed by atoms with Crippen LogP contribution in [0.15, 0.2) is 11.1 Å². The zero-order chi connectivity index (χ0) is 8.43. The molecule has 60 valence electrons. The molecule has 0 N–H and O–H groups in total. The topological polar surface area (TPSA) is 12.9 Å². The van der Waals surface area contributed by atoms with Crippen LogP contribution in [0.3, 0.4) is 0 Å². The molecule has 0 unspecified atom stereocenters. The number of halogens is 2. The summed E-state index contributed by atoms with van der Waals surface area (Å²) in [6.07, 6.45) is 3.64. The molecule has 0 aromatic carbocycles. The fourth-order valence-corrected chi connectivity index (χ4v) is 1.74. The van der Waals surface area contributed by atoms with Gasteiger partial charge in [0.2, 0.25) is 0 Å². The van der Waals surface area contributed by atoms with Crippen LogP contribution >= 0.6 is 35.0 Å². The Morgan fingerprint density at radius 3 is 2.64 bits per heavy atom. The Labute approximate surface area is 80.1 Å². The largest absolute Gasteiger partial charge is 0.243 e. The second kappa shape index (κ2) is 3.65. The van der Waals surface area contributed by atoms with E-state index in [0.29, 0.717) is 10.2 Å². The molecule has 0 radical (unpaired) electrons. The van der Waals surface area contributed by atoms with Gasteiger partial charge in [0.05, 0.1) is 5.02 Å². The quantitative estimate of drug-likeness (QED) is 0.518. The van der Waals surface area contributed by atoms with Crippen LogP contribution in [-0.2, 0) is 0 Å². The summed E-state index contributed by atoms with van der Waals surface area (Å²) >= 11 is 13.3. The van der Waals surface area contributed by atoms with Crippen LogP contribution in [0.5, 0.6) is 0 Å². The lowest BCUT2D eigenvalue weighted by atomic mass is 10.3. The van der Waals surface area contributed by atoms with E-state index in [0.717, 1.165) is 10.5 Å². The molecule has 0 amide bonds. The molecule has 0 spiro atoms. The molecule has 0 aliphatic rings. The van der Waals surface area contributed by atoms with Crippen molar-refractivity contribution in [1.82, 2.24) is 4.98 Å². The average Bonchev–Trinajstić information content (AvgIpc) is 2.01. The molecule has 4 heteroatoms. The van der Waals surface area contributed by atoms with Gasteiger partial charge in [0.1, 0.15) is 5.15 Å². The van der Waals surface area contributed by atoms with Gasteiger partial charge in [-0.05, 0) is 13.2 Å². The van der Waals surface area contributed by atoms with Crippen LogP contribution in [-0.4, -0.2) is 11.2 Å². The van der Waals surface area contributed by atoms with Crippen molar-refractivity contribution in [3.05, 3.63) is 21.9 Å². The van der Waals surface area contributed by atoms with E-state index in [1.165, 1.54) is 0 Å². The van der Waals surface area contributed by atoms with Gasteiger partial charge in [0.15, 0.2) is 0 Å². The summed E-state index contributed by atoms with van der Waals surface area (Å²) in [4.78, 5) is 4.94. The normalized spacial score (nSPS) is 10.2. The fraction of sp³-hybridized carbons (Fsp3) is 0.286. The van der Waals surface area contributed by atoms with E-state index in [1.54, 1.807) is 18.0 Å². The van der Waals surface area contributed by atoms with Gasteiger partial charge in [-0.3, -0.25) is 0 Å². The van der Waals surface area contributed by atoms with Crippen LogP contribution in [0.25, 0.3) is 0 Å². The molecular formula is C7H7Cl2NS. The number of nitrogens with zero attached hydrogens (tertiary/aromatic N) is 1. The molecule has 0 atom stereocenters. The van der Waals surface area contributed by atoms with Gasteiger partial charge in [-0.1, -0.05) is 23.2 Å². The number of hydrogen-bond donors (Lipinski definition) is 0. The summed E-state index contributed by atoms with van der Waals surface area (Å²) in [6, 6.07) is 0. The Morgan fingerprint density at radius 1 is 1.45 bits per heavy atom. The molecule has 0 aliphatic carbocycles. The lowest BCUT2D eigenvalue weighted by molar-refractivity contribution is 1.19. The lowest BCUT2D eigenvalue weighted by Gasteiger charge is -2.03. The minimum atomic E-state index is 0.479. The summed E-state index contributed by atoms with van der Waals surface area (Å²) in [6.45, 7) is 1.86. The maximum atomic E-state index is 5.95. The Hall–Kier alpha value is 0.0800. The van der Waals surface area contributed by atoms with Crippen molar-refractivity contribution in [3.8, 4) is 0 Å². The monoisotopic (exact) mass is 207 g/mol. The molecule has 0 bridgehead atoms. The molecule has 1 heterocycles. The van der Waals surface area contributed by atoms with E-state index in [1.807, 2.05) is 13.2 Å². The van der Waals surface area contributed by atoms with Gasteiger partial charge in [-0.25, -0.2) is 4.98 Å². The van der Waals surface area contributed by atoms with Crippen LogP contribution in [0.1, 0.15) is 5.56 Å². The summed E-state index contributed by atoms with van der Waals surface area (Å²) in [5.41, 5.74) is 0.847. The Bertz CT molecular complexity index is 275. The smallest absolute Gasteiger partial charge is 0.133 e. The first-order chi connectivity index (χ1) is 5.16. The summed E-state index contributed by atoms with van der Waals surface area (Å²) in [5, 5.41) is 1.19. The van der Waals surface area contributed by atoms with Crippen LogP contribution in [0, 0.1) is 6.92 Å². The molecule has 0 saturated heterocycles. The van der Waals surface area contributed by atoms with E-state index in [-0.39, 0.29) is 0 Å². The van der Waals surface area contributed by atoms with Crippen molar-refractivity contribution in [2.45, 2.75) is 11.8 Å². The maximum Gasteiger partial charge on any atom is 0.133 e. The molecule has 1 rings (SSSR count). The number of rotatable bonds is 1. The SMILES string of the molecule is CSc1cnc(Cl)c(C)c1Cl. The van der Waals surface area contributed by atoms with E-state index < -0.39 is 0 Å². The van der Waals surface area contributed by atoms with Crippen molar-refractivity contribution in [2.24, 2.45) is 0 Å². The van der Waals surface area contributed by atoms with Gasteiger partial charge in [-0.2, -0.15) is 0 Å². The van der Waals surface area contributed by atoms with E-state index in [2.05, 4.69) is 4.98 Å². The maximum absolute atomic E-state index is 5.95. The predicted octanol–water partition coefficient (Wildman–Crippen LogP) is 3.42. The highest BCUT2D eigenvalue weighted by Gasteiger charge is 2.05. The number of thioether (sulfide) groups is 1. The fourth-order valence-electron chi connectivity index (χ4n) is 0.686. The second-order valence-electron chi connectivity index (χ2n) is 2.06. The number of hydrogen-bond acceptors (Lipinski definition) is 2. The van der Waals surface area contributed by atoms with Crippen LogP contribution in [0.4, 0.5) is 0 Å². The first kappa shape index (κ1) is 9.17. The predicted molar refractivity (Wildman–Crippen MR) is 50.8 cm³/mol. The molecule has 0 aliphatic heterocycles. The molecule has 1 aromatic heterocycles. The van der Waals surface area contributed by atoms with Gasteiger partial charge in [-0.15, -0.1) is 11.8 Å². The first-order valence-corrected chi connectivity index (χ1v) is 4.99. The van der Waals surface area contributed by atoms with Crippen molar-refractivity contribution >= 4 is 35.0 Å². The molecule has 1 aromatic rings.